The molecular formula is C13H29IN4O. The van der Waals surface area contributed by atoms with Gasteiger partial charge in [0.25, 0.3) is 0 Å². The van der Waals surface area contributed by atoms with Gasteiger partial charge < -0.3 is 15.4 Å². The van der Waals surface area contributed by atoms with Crippen LogP contribution in [-0.4, -0.2) is 63.8 Å². The van der Waals surface area contributed by atoms with Crippen LogP contribution in [0.3, 0.4) is 0 Å². The molecule has 0 saturated carbocycles. The van der Waals surface area contributed by atoms with Crippen LogP contribution in [0.1, 0.15) is 26.2 Å². The third-order valence-electron chi connectivity index (χ3n) is 3.48. The second kappa shape index (κ2) is 11.7. The first-order valence-corrected chi connectivity index (χ1v) is 6.99. The topological polar surface area (TPSA) is 48.9 Å². The summed E-state index contributed by atoms with van der Waals surface area (Å²) in [5.41, 5.74) is 0. The zero-order valence-corrected chi connectivity index (χ0v) is 14.8. The minimum atomic E-state index is 0. The number of hydrogen-bond donors (Lipinski definition) is 2. The molecule has 0 spiro atoms. The smallest absolute Gasteiger partial charge is 0.191 e. The molecule has 1 saturated heterocycles. The monoisotopic (exact) mass is 384 g/mol. The van der Waals surface area contributed by atoms with Crippen molar-refractivity contribution in [2.75, 3.05) is 46.9 Å². The summed E-state index contributed by atoms with van der Waals surface area (Å²) in [6, 6.07) is 0.643. The molecule has 0 amide bonds. The Kier molecular flexibility index (Phi) is 11.7. The summed E-state index contributed by atoms with van der Waals surface area (Å²) in [6.45, 7) is 7.08. The molecular weight excluding hydrogens is 355 g/mol. The molecule has 1 heterocycles. The van der Waals surface area contributed by atoms with Crippen molar-refractivity contribution in [2.45, 2.75) is 32.2 Å². The van der Waals surface area contributed by atoms with Crippen LogP contribution < -0.4 is 10.6 Å². The Bertz CT molecular complexity index is 251. The minimum absolute atomic E-state index is 0. The maximum Gasteiger partial charge on any atom is 0.191 e. The molecule has 5 nitrogen and oxygen atoms in total. The molecule has 0 radical (unpaired) electrons. The number of likely N-dealkylation sites (tertiary alicyclic amines) is 1. The minimum Gasteiger partial charge on any atom is -0.383 e. The van der Waals surface area contributed by atoms with E-state index < -0.39 is 0 Å². The fourth-order valence-corrected chi connectivity index (χ4v) is 2.41. The Balaban J connectivity index is 0.00000324. The number of halogens is 1. The number of guanidine groups is 1. The van der Waals surface area contributed by atoms with Crippen molar-refractivity contribution in [2.24, 2.45) is 4.99 Å². The number of methoxy groups -OCH3 is 1. The summed E-state index contributed by atoms with van der Waals surface area (Å²) in [7, 11) is 3.51. The summed E-state index contributed by atoms with van der Waals surface area (Å²) in [4.78, 5) is 6.77. The highest BCUT2D eigenvalue weighted by atomic mass is 127. The van der Waals surface area contributed by atoms with Gasteiger partial charge in [0, 0.05) is 33.3 Å². The highest BCUT2D eigenvalue weighted by Gasteiger charge is 2.20. The standard InChI is InChI=1S/C13H28N4O.HI/c1-4-17-9-6-5-7-12(17)11-16-13(14-2)15-8-10-18-3;/h12H,4-11H2,1-3H3,(H2,14,15,16);1H. The number of nitrogens with one attached hydrogen (secondary N) is 2. The van der Waals surface area contributed by atoms with E-state index in [0.29, 0.717) is 12.6 Å². The normalized spacial score (nSPS) is 20.8. The third-order valence-corrected chi connectivity index (χ3v) is 3.48. The average molecular weight is 384 g/mol. The van der Waals surface area contributed by atoms with E-state index in [9.17, 15) is 0 Å². The first-order valence-electron chi connectivity index (χ1n) is 6.99. The van der Waals surface area contributed by atoms with Crippen molar-refractivity contribution in [3.63, 3.8) is 0 Å². The van der Waals surface area contributed by atoms with E-state index in [0.717, 1.165) is 25.6 Å². The molecule has 0 aliphatic carbocycles. The maximum absolute atomic E-state index is 5.01. The van der Waals surface area contributed by atoms with Crippen molar-refractivity contribution < 1.29 is 4.74 Å². The van der Waals surface area contributed by atoms with Crippen molar-refractivity contribution in [3.05, 3.63) is 0 Å². The van der Waals surface area contributed by atoms with E-state index in [2.05, 4.69) is 27.4 Å². The van der Waals surface area contributed by atoms with Gasteiger partial charge in [0.15, 0.2) is 5.96 Å². The Labute approximate surface area is 134 Å². The molecule has 1 fully saturated rings. The SMILES string of the molecule is CCN1CCCCC1CNC(=NC)NCCOC.I. The number of likely N-dealkylation sites (N-methyl/N-ethyl adjacent to an activating group) is 1. The molecule has 0 bridgehead atoms. The molecule has 1 aliphatic rings. The van der Waals surface area contributed by atoms with Gasteiger partial charge in [-0.1, -0.05) is 13.3 Å². The van der Waals surface area contributed by atoms with Crippen molar-refractivity contribution in [1.82, 2.24) is 15.5 Å². The van der Waals surface area contributed by atoms with Gasteiger partial charge in [0.05, 0.1) is 6.61 Å². The highest BCUT2D eigenvalue weighted by Crippen LogP contribution is 2.15. The zero-order valence-electron chi connectivity index (χ0n) is 12.4. The molecule has 114 valence electrons. The lowest BCUT2D eigenvalue weighted by Gasteiger charge is -2.35. The van der Waals surface area contributed by atoms with Crippen molar-refractivity contribution >= 4 is 29.9 Å². The summed E-state index contributed by atoms with van der Waals surface area (Å²) in [6.07, 6.45) is 3.97. The second-order valence-corrected chi connectivity index (χ2v) is 4.65. The number of rotatable bonds is 6. The van der Waals surface area contributed by atoms with Gasteiger partial charge >= 0.3 is 0 Å². The van der Waals surface area contributed by atoms with Gasteiger partial charge in [0.1, 0.15) is 0 Å². The van der Waals surface area contributed by atoms with Gasteiger partial charge in [-0.05, 0) is 25.9 Å². The van der Waals surface area contributed by atoms with Crippen LogP contribution in [-0.2, 0) is 4.74 Å². The molecule has 1 rings (SSSR count). The Morgan fingerprint density at radius 2 is 2.16 bits per heavy atom. The number of piperidine rings is 1. The molecule has 6 heteroatoms. The predicted molar refractivity (Wildman–Crippen MR) is 91.5 cm³/mol. The largest absolute Gasteiger partial charge is 0.383 e. The Morgan fingerprint density at radius 1 is 1.37 bits per heavy atom. The van der Waals surface area contributed by atoms with Gasteiger partial charge in [-0.3, -0.25) is 9.89 Å². The molecule has 1 unspecified atom stereocenters. The number of hydrogen-bond acceptors (Lipinski definition) is 3. The second-order valence-electron chi connectivity index (χ2n) is 4.65. The lowest BCUT2D eigenvalue weighted by molar-refractivity contribution is 0.157. The fourth-order valence-electron chi connectivity index (χ4n) is 2.41. The number of ether oxygens (including phenoxy) is 1. The van der Waals surface area contributed by atoms with Crippen LogP contribution in [0.5, 0.6) is 0 Å². The van der Waals surface area contributed by atoms with E-state index in [-0.39, 0.29) is 24.0 Å². The van der Waals surface area contributed by atoms with Crippen LogP contribution in [0.15, 0.2) is 4.99 Å². The predicted octanol–water partition coefficient (Wildman–Crippen LogP) is 1.29. The molecule has 0 aromatic carbocycles. The van der Waals surface area contributed by atoms with Gasteiger partial charge in [-0.15, -0.1) is 24.0 Å². The average Bonchev–Trinajstić information content (AvgIpc) is 2.43. The lowest BCUT2D eigenvalue weighted by atomic mass is 10.0. The molecule has 1 atom stereocenters. The zero-order chi connectivity index (χ0) is 13.2. The third kappa shape index (κ3) is 7.31. The van der Waals surface area contributed by atoms with Gasteiger partial charge in [-0.2, -0.15) is 0 Å². The summed E-state index contributed by atoms with van der Waals surface area (Å²) in [5.74, 6) is 0.869. The van der Waals surface area contributed by atoms with Crippen LogP contribution in [0.4, 0.5) is 0 Å². The van der Waals surface area contributed by atoms with Gasteiger partial charge in [-0.25, -0.2) is 0 Å². The van der Waals surface area contributed by atoms with Gasteiger partial charge in [0.2, 0.25) is 0 Å². The van der Waals surface area contributed by atoms with Crippen LogP contribution in [0.25, 0.3) is 0 Å². The van der Waals surface area contributed by atoms with E-state index in [1.54, 1.807) is 14.2 Å². The lowest BCUT2D eigenvalue weighted by Crippen LogP contribution is -2.49. The first-order chi connectivity index (χ1) is 8.81. The van der Waals surface area contributed by atoms with Crippen molar-refractivity contribution in [1.29, 1.82) is 0 Å². The molecule has 1 aliphatic heterocycles. The molecule has 0 aromatic heterocycles. The van der Waals surface area contributed by atoms with E-state index in [4.69, 9.17) is 4.74 Å². The van der Waals surface area contributed by atoms with Crippen LogP contribution in [0.2, 0.25) is 0 Å². The quantitative estimate of drug-likeness (QED) is 0.314. The summed E-state index contributed by atoms with van der Waals surface area (Å²) < 4.78 is 5.01. The molecule has 19 heavy (non-hydrogen) atoms. The fraction of sp³-hybridized carbons (Fsp3) is 0.923. The number of nitrogens with zero attached hydrogens (tertiary/aromatic N) is 2. The van der Waals surface area contributed by atoms with E-state index in [1.165, 1.54) is 25.8 Å². The van der Waals surface area contributed by atoms with E-state index >= 15 is 0 Å². The van der Waals surface area contributed by atoms with Crippen molar-refractivity contribution in [3.8, 4) is 0 Å². The van der Waals surface area contributed by atoms with Crippen LogP contribution >= 0.6 is 24.0 Å². The maximum atomic E-state index is 5.01. The number of aliphatic imine (C=N–C) groups is 1. The first kappa shape index (κ1) is 18.9. The summed E-state index contributed by atoms with van der Waals surface area (Å²) >= 11 is 0. The summed E-state index contributed by atoms with van der Waals surface area (Å²) in [5, 5.41) is 6.64. The molecule has 2 N–H and O–H groups in total. The molecule has 0 aromatic rings. The Morgan fingerprint density at radius 3 is 2.79 bits per heavy atom. The Hall–Kier alpha value is -0.0800. The van der Waals surface area contributed by atoms with E-state index in [1.807, 2.05) is 0 Å². The van der Waals surface area contributed by atoms with Crippen LogP contribution in [0, 0.1) is 0 Å². The highest BCUT2D eigenvalue weighted by molar-refractivity contribution is 14.0.